The zero-order valence-corrected chi connectivity index (χ0v) is 6.89. The van der Waals surface area contributed by atoms with Crippen LogP contribution in [-0.2, 0) is 13.9 Å². The molecule has 66 valence electrons. The molecule has 0 radical (unpaired) electrons. The van der Waals surface area contributed by atoms with Crippen molar-refractivity contribution in [2.24, 2.45) is 5.73 Å². The molecule has 0 aromatic heterocycles. The number of rotatable bonds is 4. The molecule has 0 saturated heterocycles. The second-order valence-corrected chi connectivity index (χ2v) is 4.95. The lowest BCUT2D eigenvalue weighted by molar-refractivity contribution is -0.137. The van der Waals surface area contributed by atoms with Crippen molar-refractivity contribution in [3.63, 3.8) is 0 Å². The van der Waals surface area contributed by atoms with Crippen LogP contribution >= 0.6 is 10.8 Å². The maximum Gasteiger partial charge on any atom is 0.321 e. The van der Waals surface area contributed by atoms with E-state index in [1.54, 1.807) is 0 Å². The lowest BCUT2D eigenvalue weighted by Crippen LogP contribution is -2.32. The van der Waals surface area contributed by atoms with Crippen molar-refractivity contribution in [3.8, 4) is 0 Å². The van der Waals surface area contributed by atoms with E-state index in [1.807, 2.05) is 0 Å². The van der Waals surface area contributed by atoms with E-state index in [2.05, 4.69) is 0 Å². The first-order valence-corrected chi connectivity index (χ1v) is 5.32. The summed E-state index contributed by atoms with van der Waals surface area (Å²) >= 11 is 0. The highest BCUT2D eigenvalue weighted by molar-refractivity contribution is 8.69. The Kier molecular flexibility index (Phi) is 3.79. The molecule has 0 rings (SSSR count). The first kappa shape index (κ1) is 10.7. The molecule has 0 amide bonds. The van der Waals surface area contributed by atoms with E-state index < -0.39 is 26.9 Å². The molecule has 11 heavy (non-hydrogen) atoms. The summed E-state index contributed by atoms with van der Waals surface area (Å²) in [5, 5.41) is 8.14. The monoisotopic (exact) mass is 200 g/mol. The Balaban J connectivity index is 3.82. The van der Waals surface area contributed by atoms with E-state index in [4.69, 9.17) is 10.8 Å². The zero-order valence-electron chi connectivity index (χ0n) is 5.26. The van der Waals surface area contributed by atoms with E-state index >= 15 is 0 Å². The van der Waals surface area contributed by atoms with Crippen molar-refractivity contribution in [3.05, 3.63) is 0 Å². The normalized spacial score (nSPS) is 14.4. The Morgan fingerprint density at radius 3 is 2.45 bits per heavy atom. The molecule has 0 spiro atoms. The fourth-order valence-electron chi connectivity index (χ4n) is 0.228. The van der Waals surface area contributed by atoms with Gasteiger partial charge in [0.15, 0.2) is 0 Å². The van der Waals surface area contributed by atoms with Gasteiger partial charge in [0, 0.05) is 5.75 Å². The van der Waals surface area contributed by atoms with Gasteiger partial charge in [-0.2, -0.15) is 0 Å². The van der Waals surface area contributed by atoms with Crippen LogP contribution in [0.1, 0.15) is 0 Å². The van der Waals surface area contributed by atoms with E-state index in [0.717, 1.165) is 0 Å². The van der Waals surface area contributed by atoms with Gasteiger partial charge in [0.2, 0.25) is 0 Å². The minimum atomic E-state index is -4.43. The molecule has 0 aliphatic heterocycles. The van der Waals surface area contributed by atoms with E-state index in [9.17, 15) is 17.8 Å². The molecule has 0 aromatic rings. The number of carbonyl (C=O) groups is 1. The molecule has 8 heteroatoms. The predicted molar refractivity (Wildman–Crippen MR) is 37.8 cm³/mol. The van der Waals surface area contributed by atoms with Crippen LogP contribution in [0.5, 0.6) is 0 Å². The number of carboxylic acids is 1. The fourth-order valence-corrected chi connectivity index (χ4v) is 1.62. The van der Waals surface area contributed by atoms with Crippen LogP contribution in [0.4, 0.5) is 0 Å². The summed E-state index contributed by atoms with van der Waals surface area (Å²) in [5.41, 5.74) is 4.90. The first-order chi connectivity index (χ1) is 4.83. The van der Waals surface area contributed by atoms with Crippen molar-refractivity contribution in [2.75, 3.05) is 5.75 Å². The molecule has 0 saturated carbocycles. The Hall–Kier alpha value is -0.310. The van der Waals surface area contributed by atoms with Crippen molar-refractivity contribution < 1.29 is 22.9 Å². The number of hydrogen-bond acceptors (Lipinski definition) is 6. The molecule has 1 unspecified atom stereocenters. The lowest BCUT2D eigenvalue weighted by Gasteiger charge is -2.07. The number of aliphatic carboxylic acids is 1. The molecular weight excluding hydrogens is 194 g/mol. The van der Waals surface area contributed by atoms with Crippen LogP contribution in [0.25, 0.3) is 0 Å². The van der Waals surface area contributed by atoms with Gasteiger partial charge in [-0.1, -0.05) is 0 Å². The van der Waals surface area contributed by atoms with Crippen molar-refractivity contribution >= 4 is 25.9 Å². The molecule has 0 heterocycles. The molecule has 0 aromatic carbocycles. The Morgan fingerprint density at radius 1 is 1.73 bits per heavy atom. The Labute approximate surface area is 66.9 Å². The summed E-state index contributed by atoms with van der Waals surface area (Å²) in [6, 6.07) is -1.32. The number of hydrogen-bond donors (Lipinski definition) is 2. The standard InChI is InChI=1S/C3H7NO5S2/c4-2(3(5)6)1-10-11(7,8)9/h2H,1,4H2,(H,5,6)(H,7,8,9)/p-1. The molecule has 6 nitrogen and oxygen atoms in total. The predicted octanol–water partition coefficient (Wildman–Crippen LogP) is -1.41. The lowest BCUT2D eigenvalue weighted by atomic mass is 10.4. The number of carboxylic acid groups (broad SMARTS) is 1. The van der Waals surface area contributed by atoms with E-state index in [1.165, 1.54) is 0 Å². The third-order valence-electron chi connectivity index (χ3n) is 0.709. The quantitative estimate of drug-likeness (QED) is 0.422. The van der Waals surface area contributed by atoms with Crippen molar-refractivity contribution in [1.29, 1.82) is 0 Å². The summed E-state index contributed by atoms with van der Waals surface area (Å²) in [5.74, 6) is -1.76. The minimum absolute atomic E-state index is 0.0192. The number of nitrogens with two attached hydrogens (primary N) is 1. The highest BCUT2D eigenvalue weighted by atomic mass is 33.1. The van der Waals surface area contributed by atoms with Gasteiger partial charge in [-0.15, -0.1) is 0 Å². The average molecular weight is 200 g/mol. The Morgan fingerprint density at radius 2 is 2.18 bits per heavy atom. The third-order valence-corrected chi connectivity index (χ3v) is 2.77. The van der Waals surface area contributed by atoms with Crippen LogP contribution in [0.3, 0.4) is 0 Å². The third kappa shape index (κ3) is 6.10. The van der Waals surface area contributed by atoms with E-state index in [0.29, 0.717) is 0 Å². The highest BCUT2D eigenvalue weighted by Crippen LogP contribution is 2.09. The van der Waals surface area contributed by atoms with Gasteiger partial charge in [0.25, 0.3) is 0 Å². The molecule has 3 N–H and O–H groups in total. The van der Waals surface area contributed by atoms with Gasteiger partial charge >= 0.3 is 5.97 Å². The zero-order chi connectivity index (χ0) is 9.07. The van der Waals surface area contributed by atoms with Gasteiger partial charge in [0.1, 0.15) is 15.2 Å². The van der Waals surface area contributed by atoms with Crippen molar-refractivity contribution in [2.45, 2.75) is 6.04 Å². The largest absolute Gasteiger partial charge is 0.739 e. The molecule has 1 atom stereocenters. The van der Waals surface area contributed by atoms with E-state index in [-0.39, 0.29) is 10.8 Å². The van der Waals surface area contributed by atoms with Crippen molar-refractivity contribution in [1.82, 2.24) is 0 Å². The summed E-state index contributed by atoms with van der Waals surface area (Å²) in [6.45, 7) is 0. The van der Waals surface area contributed by atoms with Crippen LogP contribution in [0.15, 0.2) is 0 Å². The van der Waals surface area contributed by atoms with Crippen LogP contribution in [0, 0.1) is 0 Å². The van der Waals surface area contributed by atoms with Gasteiger partial charge in [-0.25, -0.2) is 8.42 Å². The summed E-state index contributed by atoms with van der Waals surface area (Å²) < 4.78 is 29.8. The van der Waals surface area contributed by atoms with Crippen LogP contribution < -0.4 is 5.73 Å². The minimum Gasteiger partial charge on any atom is -0.739 e. The average Bonchev–Trinajstić information content (AvgIpc) is 1.80. The summed E-state index contributed by atoms with van der Waals surface area (Å²) in [6.07, 6.45) is 0. The van der Waals surface area contributed by atoms with Gasteiger partial charge in [0.05, 0.1) is 0 Å². The summed E-state index contributed by atoms with van der Waals surface area (Å²) in [4.78, 5) is 9.98. The maximum atomic E-state index is 9.98. The second kappa shape index (κ2) is 3.90. The Bertz CT molecular complexity index is 234. The molecule has 0 aliphatic carbocycles. The van der Waals surface area contributed by atoms with Gasteiger partial charge < -0.3 is 15.4 Å². The fraction of sp³-hybridized carbons (Fsp3) is 0.667. The van der Waals surface area contributed by atoms with Gasteiger partial charge in [-0.05, 0) is 10.8 Å². The summed E-state index contributed by atoms with van der Waals surface area (Å²) in [7, 11) is -4.45. The van der Waals surface area contributed by atoms with Crippen LogP contribution in [0.2, 0.25) is 0 Å². The molecule has 0 fully saturated rings. The smallest absolute Gasteiger partial charge is 0.321 e. The van der Waals surface area contributed by atoms with Crippen LogP contribution in [-0.4, -0.2) is 35.8 Å². The molecular formula is C3H6NO5S2-. The maximum absolute atomic E-state index is 9.98. The highest BCUT2D eigenvalue weighted by Gasteiger charge is 2.12. The van der Waals surface area contributed by atoms with Gasteiger partial charge in [-0.3, -0.25) is 4.79 Å². The topological polar surface area (TPSA) is 121 Å². The SMILES string of the molecule is NC(CSS(=O)(=O)[O-])C(=O)O. The molecule has 0 bridgehead atoms. The second-order valence-electron chi connectivity index (χ2n) is 1.64. The first-order valence-electron chi connectivity index (χ1n) is 2.41. The molecule has 0 aliphatic rings.